The molecule has 2 rings (SSSR count). The third-order valence-electron chi connectivity index (χ3n) is 4.18. The molecule has 19 heavy (non-hydrogen) atoms. The summed E-state index contributed by atoms with van der Waals surface area (Å²) < 4.78 is 1.87. The lowest BCUT2D eigenvalue weighted by molar-refractivity contribution is -0.0690. The van der Waals surface area contributed by atoms with Gasteiger partial charge in [-0.2, -0.15) is 0 Å². The Morgan fingerprint density at radius 2 is 2.21 bits per heavy atom. The van der Waals surface area contributed by atoms with Crippen molar-refractivity contribution in [3.8, 4) is 0 Å². The van der Waals surface area contributed by atoms with E-state index in [0.717, 1.165) is 0 Å². The minimum Gasteiger partial charge on any atom is -0.397 e. The van der Waals surface area contributed by atoms with Crippen molar-refractivity contribution in [3.05, 3.63) is 18.0 Å². The maximum atomic E-state index is 12.3. The van der Waals surface area contributed by atoms with Crippen LogP contribution in [0.4, 0.5) is 5.69 Å². The highest BCUT2D eigenvalue weighted by molar-refractivity contribution is 5.94. The first kappa shape index (κ1) is 13.9. The third kappa shape index (κ3) is 2.34. The second-order valence-electron chi connectivity index (χ2n) is 6.26. The molecule has 0 aromatic carbocycles. The molecule has 0 spiro atoms. The zero-order valence-corrected chi connectivity index (χ0v) is 12.0. The second kappa shape index (κ2) is 4.56. The fraction of sp³-hybridized carbons (Fsp3) is 0.643. The van der Waals surface area contributed by atoms with Crippen LogP contribution in [-0.2, 0) is 0 Å². The standard InChI is InChI=1S/C14H23N3O2/c1-8(2)17-7-9(15)5-10(17)13(19)16-11-6-12(18)14(11,3)4/h5,7-8,11-12,18H,6,15H2,1-4H3,(H,16,19). The number of nitrogens with one attached hydrogen (secondary N) is 1. The van der Waals surface area contributed by atoms with Gasteiger partial charge in [0.25, 0.3) is 5.91 Å². The van der Waals surface area contributed by atoms with Gasteiger partial charge < -0.3 is 20.7 Å². The molecule has 5 heteroatoms. The number of hydrogen-bond donors (Lipinski definition) is 3. The van der Waals surface area contributed by atoms with Crippen molar-refractivity contribution >= 4 is 11.6 Å². The number of anilines is 1. The van der Waals surface area contributed by atoms with Gasteiger partial charge in [-0.05, 0) is 26.3 Å². The molecule has 5 nitrogen and oxygen atoms in total. The first-order valence-corrected chi connectivity index (χ1v) is 6.69. The van der Waals surface area contributed by atoms with E-state index < -0.39 is 0 Å². The monoisotopic (exact) mass is 265 g/mol. The van der Waals surface area contributed by atoms with E-state index in [-0.39, 0.29) is 29.5 Å². The number of aliphatic hydroxyl groups excluding tert-OH is 1. The summed E-state index contributed by atoms with van der Waals surface area (Å²) in [5.74, 6) is -0.129. The molecule has 1 aromatic heterocycles. The van der Waals surface area contributed by atoms with Crippen LogP contribution in [-0.4, -0.2) is 27.7 Å². The van der Waals surface area contributed by atoms with Gasteiger partial charge >= 0.3 is 0 Å². The SMILES string of the molecule is CC(C)n1cc(N)cc1C(=O)NC1CC(O)C1(C)C. The Kier molecular flexibility index (Phi) is 3.34. The number of nitrogen functional groups attached to an aromatic ring is 1. The number of nitrogens with two attached hydrogens (primary N) is 1. The predicted octanol–water partition coefficient (Wildman–Crippen LogP) is 1.54. The molecular weight excluding hydrogens is 242 g/mol. The van der Waals surface area contributed by atoms with Crippen molar-refractivity contribution < 1.29 is 9.90 Å². The van der Waals surface area contributed by atoms with Gasteiger partial charge in [0.05, 0.1) is 11.8 Å². The van der Waals surface area contributed by atoms with Gasteiger partial charge in [0, 0.05) is 23.7 Å². The molecule has 4 N–H and O–H groups in total. The topological polar surface area (TPSA) is 80.3 Å². The molecule has 2 atom stereocenters. The van der Waals surface area contributed by atoms with Crippen LogP contribution in [0, 0.1) is 5.41 Å². The van der Waals surface area contributed by atoms with Crippen molar-refractivity contribution in [2.24, 2.45) is 5.41 Å². The summed E-state index contributed by atoms with van der Waals surface area (Å²) in [5, 5.41) is 12.7. The molecule has 1 aromatic rings. The Balaban J connectivity index is 2.13. The first-order valence-electron chi connectivity index (χ1n) is 6.69. The quantitative estimate of drug-likeness (QED) is 0.775. The number of nitrogens with zero attached hydrogens (tertiary/aromatic N) is 1. The highest BCUT2D eigenvalue weighted by atomic mass is 16.3. The maximum Gasteiger partial charge on any atom is 0.268 e. The molecule has 106 valence electrons. The van der Waals surface area contributed by atoms with E-state index in [1.165, 1.54) is 0 Å². The molecule has 1 fully saturated rings. The lowest BCUT2D eigenvalue weighted by Gasteiger charge is -2.49. The van der Waals surface area contributed by atoms with Crippen molar-refractivity contribution in [1.82, 2.24) is 9.88 Å². The highest BCUT2D eigenvalue weighted by Gasteiger charge is 2.48. The number of hydrogen-bond acceptors (Lipinski definition) is 3. The third-order valence-corrected chi connectivity index (χ3v) is 4.18. The van der Waals surface area contributed by atoms with Crippen molar-refractivity contribution in [3.63, 3.8) is 0 Å². The molecule has 1 aliphatic rings. The normalized spacial score (nSPS) is 25.2. The first-order chi connectivity index (χ1) is 8.73. The fourth-order valence-electron chi connectivity index (χ4n) is 2.49. The van der Waals surface area contributed by atoms with E-state index in [9.17, 15) is 9.90 Å². The highest BCUT2D eigenvalue weighted by Crippen LogP contribution is 2.40. The molecule has 0 radical (unpaired) electrons. The average Bonchev–Trinajstić information content (AvgIpc) is 2.71. The van der Waals surface area contributed by atoms with Crippen LogP contribution in [0.2, 0.25) is 0 Å². The van der Waals surface area contributed by atoms with Gasteiger partial charge in [-0.1, -0.05) is 13.8 Å². The Morgan fingerprint density at radius 3 is 2.68 bits per heavy atom. The second-order valence-corrected chi connectivity index (χ2v) is 6.26. The summed E-state index contributed by atoms with van der Waals surface area (Å²) in [6.45, 7) is 7.93. The lowest BCUT2D eigenvalue weighted by atomic mass is 9.64. The molecular formula is C14H23N3O2. The molecule has 1 amide bonds. The summed E-state index contributed by atoms with van der Waals surface area (Å²) in [7, 11) is 0. The van der Waals surface area contributed by atoms with Gasteiger partial charge in [-0.3, -0.25) is 4.79 Å². The summed E-state index contributed by atoms with van der Waals surface area (Å²) >= 11 is 0. The smallest absolute Gasteiger partial charge is 0.268 e. The van der Waals surface area contributed by atoms with Crippen molar-refractivity contribution in [1.29, 1.82) is 0 Å². The zero-order valence-electron chi connectivity index (χ0n) is 12.0. The summed E-state index contributed by atoms with van der Waals surface area (Å²) in [6.07, 6.45) is 2.04. The van der Waals surface area contributed by atoms with Crippen LogP contribution in [0.5, 0.6) is 0 Å². The molecule has 0 saturated heterocycles. The van der Waals surface area contributed by atoms with Crippen LogP contribution in [0.1, 0.15) is 50.6 Å². The number of aliphatic hydroxyl groups is 1. The largest absolute Gasteiger partial charge is 0.397 e. The minimum atomic E-state index is -0.347. The number of carbonyl (C=O) groups excluding carboxylic acids is 1. The Labute approximate surface area is 113 Å². The molecule has 2 unspecified atom stereocenters. The Morgan fingerprint density at radius 1 is 1.58 bits per heavy atom. The van der Waals surface area contributed by atoms with Gasteiger partial charge in [0.15, 0.2) is 0 Å². The van der Waals surface area contributed by atoms with E-state index in [1.807, 2.05) is 32.3 Å². The maximum absolute atomic E-state index is 12.3. The fourth-order valence-corrected chi connectivity index (χ4v) is 2.49. The lowest BCUT2D eigenvalue weighted by Crippen LogP contribution is -2.61. The Bertz CT molecular complexity index is 491. The van der Waals surface area contributed by atoms with Crippen LogP contribution in [0.25, 0.3) is 0 Å². The molecule has 0 aliphatic heterocycles. The van der Waals surface area contributed by atoms with E-state index in [1.54, 1.807) is 12.3 Å². The number of aromatic nitrogens is 1. The summed E-state index contributed by atoms with van der Waals surface area (Å²) in [4.78, 5) is 12.3. The van der Waals surface area contributed by atoms with Crippen LogP contribution in [0.3, 0.4) is 0 Å². The average molecular weight is 265 g/mol. The van der Waals surface area contributed by atoms with Crippen LogP contribution >= 0.6 is 0 Å². The summed E-state index contributed by atoms with van der Waals surface area (Å²) in [6, 6.07) is 1.88. The van der Waals surface area contributed by atoms with Gasteiger partial charge in [0.2, 0.25) is 0 Å². The van der Waals surface area contributed by atoms with E-state index in [2.05, 4.69) is 5.32 Å². The Hall–Kier alpha value is -1.49. The number of amides is 1. The molecule has 1 heterocycles. The predicted molar refractivity (Wildman–Crippen MR) is 74.9 cm³/mol. The number of carbonyl (C=O) groups is 1. The van der Waals surface area contributed by atoms with E-state index in [4.69, 9.17) is 5.73 Å². The van der Waals surface area contributed by atoms with E-state index in [0.29, 0.717) is 17.8 Å². The van der Waals surface area contributed by atoms with Gasteiger partial charge in [-0.25, -0.2) is 0 Å². The van der Waals surface area contributed by atoms with Crippen molar-refractivity contribution in [2.45, 2.75) is 52.3 Å². The van der Waals surface area contributed by atoms with Crippen LogP contribution < -0.4 is 11.1 Å². The molecule has 1 aliphatic carbocycles. The minimum absolute atomic E-state index is 0.00624. The van der Waals surface area contributed by atoms with E-state index >= 15 is 0 Å². The number of rotatable bonds is 3. The molecule has 0 bridgehead atoms. The summed E-state index contributed by atoms with van der Waals surface area (Å²) in [5.41, 5.74) is 6.66. The zero-order chi connectivity index (χ0) is 14.4. The molecule has 1 saturated carbocycles. The van der Waals surface area contributed by atoms with Crippen LogP contribution in [0.15, 0.2) is 12.3 Å². The van der Waals surface area contributed by atoms with Crippen molar-refractivity contribution in [2.75, 3.05) is 5.73 Å². The van der Waals surface area contributed by atoms with Gasteiger partial charge in [0.1, 0.15) is 5.69 Å². The van der Waals surface area contributed by atoms with Gasteiger partial charge in [-0.15, -0.1) is 0 Å².